The molecule has 5 heteroatoms. The Morgan fingerprint density at radius 3 is 2.24 bits per heavy atom. The van der Waals surface area contributed by atoms with Crippen LogP contribution in [0.25, 0.3) is 11.1 Å². The lowest BCUT2D eigenvalue weighted by atomic mass is 9.76. The molecule has 2 aromatic carbocycles. The highest BCUT2D eigenvalue weighted by Gasteiger charge is 2.38. The fourth-order valence-corrected chi connectivity index (χ4v) is 4.30. The summed E-state index contributed by atoms with van der Waals surface area (Å²) in [6, 6.07) is 23.6. The van der Waals surface area contributed by atoms with Crippen LogP contribution in [0, 0.1) is 11.3 Å². The van der Waals surface area contributed by atoms with Crippen LogP contribution in [-0.2, 0) is 11.2 Å². The summed E-state index contributed by atoms with van der Waals surface area (Å²) in [4.78, 5) is 32.4. The van der Waals surface area contributed by atoms with Gasteiger partial charge in [-0.2, -0.15) is 0 Å². The highest BCUT2D eigenvalue weighted by atomic mass is 16.2. The van der Waals surface area contributed by atoms with E-state index in [1.807, 2.05) is 59.5 Å². The van der Waals surface area contributed by atoms with Crippen molar-refractivity contribution in [3.8, 4) is 11.1 Å². The molecule has 0 spiro atoms. The van der Waals surface area contributed by atoms with Gasteiger partial charge in [-0.15, -0.1) is 0 Å². The Bertz CT molecular complexity index is 1110. The van der Waals surface area contributed by atoms with Gasteiger partial charge in [-0.25, -0.2) is 0 Å². The molecule has 3 aromatic rings. The van der Waals surface area contributed by atoms with Crippen LogP contribution >= 0.6 is 0 Å². The van der Waals surface area contributed by atoms with E-state index in [4.69, 9.17) is 0 Å². The quantitative estimate of drug-likeness (QED) is 0.574. The average molecular weight is 455 g/mol. The van der Waals surface area contributed by atoms with Gasteiger partial charge in [0, 0.05) is 30.9 Å². The second-order valence-electron chi connectivity index (χ2n) is 9.90. The number of hydrogen-bond acceptors (Lipinski definition) is 3. The molecule has 4 rings (SSSR count). The van der Waals surface area contributed by atoms with Crippen LogP contribution in [0.15, 0.2) is 79.0 Å². The Balaban J connectivity index is 1.36. The van der Waals surface area contributed by atoms with Gasteiger partial charge in [-0.1, -0.05) is 87.5 Å². The average Bonchev–Trinajstić information content (AvgIpc) is 3.31. The predicted octanol–water partition coefficient (Wildman–Crippen LogP) is 4.94. The molecule has 1 saturated heterocycles. The number of benzene rings is 2. The molecule has 1 aromatic heterocycles. The normalized spacial score (nSPS) is 16.0. The van der Waals surface area contributed by atoms with E-state index in [1.54, 1.807) is 12.3 Å². The summed E-state index contributed by atoms with van der Waals surface area (Å²) in [5, 5.41) is 3.06. The third-order valence-corrected chi connectivity index (χ3v) is 6.30. The van der Waals surface area contributed by atoms with Gasteiger partial charge in [0.05, 0.1) is 5.92 Å². The highest BCUT2D eigenvalue weighted by molar-refractivity contribution is 5.93. The second-order valence-corrected chi connectivity index (χ2v) is 9.90. The molecule has 2 amide bonds. The lowest BCUT2D eigenvalue weighted by Gasteiger charge is -2.32. The maximum Gasteiger partial charge on any atom is 0.270 e. The first kappa shape index (κ1) is 23.7. The summed E-state index contributed by atoms with van der Waals surface area (Å²) in [5.74, 6) is 0.769. The van der Waals surface area contributed by atoms with E-state index in [1.165, 1.54) is 0 Å². The zero-order chi connectivity index (χ0) is 24.1. The fourth-order valence-electron chi connectivity index (χ4n) is 4.30. The van der Waals surface area contributed by atoms with E-state index < -0.39 is 0 Å². The van der Waals surface area contributed by atoms with Crippen LogP contribution < -0.4 is 5.32 Å². The van der Waals surface area contributed by atoms with Gasteiger partial charge in [-0.3, -0.25) is 14.6 Å². The Kier molecular flexibility index (Phi) is 7.11. The maximum absolute atomic E-state index is 13.4. The Labute approximate surface area is 202 Å². The molecule has 1 radical (unpaired) electrons. The van der Waals surface area contributed by atoms with Crippen LogP contribution in [0.5, 0.6) is 0 Å². The number of carbonyl (C=O) groups is 2. The lowest BCUT2D eigenvalue weighted by Crippen LogP contribution is -2.42. The van der Waals surface area contributed by atoms with Gasteiger partial charge in [-0.05, 0) is 35.4 Å². The molecule has 2 heterocycles. The van der Waals surface area contributed by atoms with Crippen molar-refractivity contribution < 1.29 is 9.59 Å². The molecule has 1 aliphatic heterocycles. The third-order valence-electron chi connectivity index (χ3n) is 6.30. The Hall–Kier alpha value is -3.47. The van der Waals surface area contributed by atoms with Crippen molar-refractivity contribution in [1.82, 2.24) is 15.2 Å². The Morgan fingerprint density at radius 2 is 1.62 bits per heavy atom. The molecule has 0 unspecified atom stereocenters. The van der Waals surface area contributed by atoms with E-state index in [2.05, 4.69) is 43.2 Å². The molecule has 34 heavy (non-hydrogen) atoms. The summed E-state index contributed by atoms with van der Waals surface area (Å²) >= 11 is 0. The first-order valence-electron chi connectivity index (χ1n) is 11.8. The molecule has 1 N–H and O–H groups in total. The SMILES string of the molecule is CC(C)(C)[C](Cc1ccccc1)C(=O)N1CC[C@@H](NC(=O)c2ccc(-c3ccccc3)cn2)C1. The molecular weight excluding hydrogens is 422 g/mol. The number of aromatic nitrogens is 1. The molecule has 0 saturated carbocycles. The van der Waals surface area contributed by atoms with Crippen LogP contribution in [0.3, 0.4) is 0 Å². The zero-order valence-electron chi connectivity index (χ0n) is 20.1. The molecule has 175 valence electrons. The van der Waals surface area contributed by atoms with Crippen molar-refractivity contribution in [2.45, 2.75) is 39.7 Å². The maximum atomic E-state index is 13.4. The summed E-state index contributed by atoms with van der Waals surface area (Å²) < 4.78 is 0. The van der Waals surface area contributed by atoms with Crippen LogP contribution in [0.1, 0.15) is 43.2 Å². The van der Waals surface area contributed by atoms with E-state index in [9.17, 15) is 9.59 Å². The third kappa shape index (κ3) is 5.71. The highest BCUT2D eigenvalue weighted by Crippen LogP contribution is 2.33. The fraction of sp³-hybridized carbons (Fsp3) is 0.310. The summed E-state index contributed by atoms with van der Waals surface area (Å²) in [6.45, 7) is 7.41. The monoisotopic (exact) mass is 454 g/mol. The summed E-state index contributed by atoms with van der Waals surface area (Å²) in [7, 11) is 0. The van der Waals surface area contributed by atoms with Crippen LogP contribution in [-0.4, -0.2) is 40.8 Å². The summed E-state index contributed by atoms with van der Waals surface area (Å²) in [6.07, 6.45) is 3.10. The molecule has 0 aliphatic carbocycles. The number of nitrogens with one attached hydrogen (secondary N) is 1. The van der Waals surface area contributed by atoms with Crippen LogP contribution in [0.4, 0.5) is 0 Å². The molecule has 1 atom stereocenters. The number of amides is 2. The van der Waals surface area contributed by atoms with Gasteiger partial charge < -0.3 is 10.2 Å². The van der Waals surface area contributed by atoms with E-state index in [-0.39, 0.29) is 23.3 Å². The van der Waals surface area contributed by atoms with Gasteiger partial charge in [0.25, 0.3) is 5.91 Å². The van der Waals surface area contributed by atoms with Gasteiger partial charge in [0.1, 0.15) is 5.69 Å². The number of pyridine rings is 1. The van der Waals surface area contributed by atoms with Crippen molar-refractivity contribution in [2.24, 2.45) is 5.41 Å². The van der Waals surface area contributed by atoms with Gasteiger partial charge in [0.15, 0.2) is 0 Å². The minimum atomic E-state index is -0.237. The first-order valence-corrected chi connectivity index (χ1v) is 11.8. The number of nitrogens with zero attached hydrogens (tertiary/aromatic N) is 2. The van der Waals surface area contributed by atoms with E-state index in [0.29, 0.717) is 25.2 Å². The largest absolute Gasteiger partial charge is 0.346 e. The van der Waals surface area contributed by atoms with Gasteiger partial charge in [0.2, 0.25) is 5.91 Å². The first-order chi connectivity index (χ1) is 16.3. The smallest absolute Gasteiger partial charge is 0.270 e. The van der Waals surface area contributed by atoms with E-state index >= 15 is 0 Å². The van der Waals surface area contributed by atoms with Crippen molar-refractivity contribution in [2.75, 3.05) is 13.1 Å². The van der Waals surface area contributed by atoms with Crippen molar-refractivity contribution in [1.29, 1.82) is 0 Å². The van der Waals surface area contributed by atoms with E-state index in [0.717, 1.165) is 29.0 Å². The minimum absolute atomic E-state index is 0.0787. The molecule has 1 fully saturated rings. The molecule has 0 bridgehead atoms. The lowest BCUT2D eigenvalue weighted by molar-refractivity contribution is -0.129. The number of hydrogen-bond donors (Lipinski definition) is 1. The molecule has 1 aliphatic rings. The molecular formula is C29H32N3O2. The number of rotatable bonds is 6. The summed E-state index contributed by atoms with van der Waals surface area (Å²) in [5.41, 5.74) is 3.32. The molecule has 5 nitrogen and oxygen atoms in total. The number of likely N-dealkylation sites (tertiary alicyclic amines) is 1. The second kappa shape index (κ2) is 10.2. The Morgan fingerprint density at radius 1 is 0.941 bits per heavy atom. The van der Waals surface area contributed by atoms with Crippen LogP contribution in [0.2, 0.25) is 0 Å². The minimum Gasteiger partial charge on any atom is -0.346 e. The predicted molar refractivity (Wildman–Crippen MR) is 135 cm³/mol. The number of carbonyl (C=O) groups excluding carboxylic acids is 2. The standard InChI is InChI=1S/C29H32N3O2/c1-29(2,3)25(18-21-10-6-4-7-11-21)28(34)32-17-16-24(20-32)31-27(33)26-15-14-23(19-30-26)22-12-8-5-9-13-22/h4-15,19,24H,16-18,20H2,1-3H3,(H,31,33)/t24-/m1/s1. The van der Waals surface area contributed by atoms with Crippen molar-refractivity contribution >= 4 is 11.8 Å². The van der Waals surface area contributed by atoms with Gasteiger partial charge >= 0.3 is 0 Å². The zero-order valence-corrected chi connectivity index (χ0v) is 20.1. The van der Waals surface area contributed by atoms with Crippen molar-refractivity contribution in [3.63, 3.8) is 0 Å². The van der Waals surface area contributed by atoms with Crippen molar-refractivity contribution in [3.05, 3.63) is 96.2 Å². The topological polar surface area (TPSA) is 62.3 Å².